The highest BCUT2D eigenvalue weighted by molar-refractivity contribution is 5.93. The second-order valence-corrected chi connectivity index (χ2v) is 12.0. The minimum atomic E-state index is -0.848. The molecule has 2 fully saturated rings. The fourth-order valence-electron chi connectivity index (χ4n) is 5.60. The van der Waals surface area contributed by atoms with Crippen LogP contribution in [0.1, 0.15) is 44.7 Å². The highest BCUT2D eigenvalue weighted by Crippen LogP contribution is 2.47. The summed E-state index contributed by atoms with van der Waals surface area (Å²) in [6, 6.07) is 18.3. The third-order valence-electron chi connectivity index (χ3n) is 8.42. The third-order valence-corrected chi connectivity index (χ3v) is 8.42. The number of benzene rings is 4. The molecule has 4 aromatic carbocycles. The van der Waals surface area contributed by atoms with Gasteiger partial charge in [-0.2, -0.15) is 0 Å². The van der Waals surface area contributed by atoms with Gasteiger partial charge in [0.25, 0.3) is 0 Å². The molecule has 50 heavy (non-hydrogen) atoms. The van der Waals surface area contributed by atoms with Crippen molar-refractivity contribution in [2.45, 2.75) is 25.0 Å². The van der Waals surface area contributed by atoms with Crippen LogP contribution >= 0.6 is 0 Å². The molecule has 2 aliphatic heterocycles. The molecule has 7 rings (SSSR count). The molecule has 0 aromatic heterocycles. The molecular weight excluding hydrogens is 654 g/mol. The van der Waals surface area contributed by atoms with Crippen molar-refractivity contribution in [1.82, 2.24) is 0 Å². The van der Waals surface area contributed by atoms with E-state index in [1.807, 2.05) is 19.1 Å². The summed E-state index contributed by atoms with van der Waals surface area (Å²) in [5, 5.41) is 0. The van der Waals surface area contributed by atoms with Gasteiger partial charge in [0, 0.05) is 18.1 Å². The topological polar surface area (TPSA) is 115 Å². The van der Waals surface area contributed by atoms with Crippen LogP contribution in [0, 0.1) is 11.6 Å². The number of hydrogen-bond acceptors (Lipinski definition) is 10. The number of fused-ring (bicyclic) bond motifs is 3. The van der Waals surface area contributed by atoms with Gasteiger partial charge in [-0.3, -0.25) is 0 Å². The second kappa shape index (κ2) is 14.9. The number of epoxide rings is 2. The lowest BCUT2D eigenvalue weighted by molar-refractivity contribution is 0.0719. The van der Waals surface area contributed by atoms with Crippen LogP contribution in [0.2, 0.25) is 0 Å². The highest BCUT2D eigenvalue weighted by Gasteiger charge is 2.28. The molecule has 0 saturated carbocycles. The molecule has 0 bridgehead atoms. The molecule has 2 saturated heterocycles. The molecule has 1 aliphatic carbocycles. The number of hydrogen-bond donors (Lipinski definition) is 0. The standard InChI is InChI=1S/C38H34F2O10/c1-22-33-14-25(49-37(41)31-8-2-23(16-35(31)39)45-12-10-43-18-27-20-47-27)4-6-29(33)30-7-5-26(15-34(22)30)50-38(42)32-9-3-24(17-36(32)40)46-13-11-44-19-28-21-48-28/h2-9,14-17,22,27-28H,10-13,18-21H2,1H3. The lowest BCUT2D eigenvalue weighted by Gasteiger charge is -2.11. The average Bonchev–Trinajstić information content (AvgIpc) is 4.05. The van der Waals surface area contributed by atoms with Gasteiger partial charge in [-0.25, -0.2) is 18.4 Å². The first kappa shape index (κ1) is 33.6. The normalized spacial score (nSPS) is 18.2. The van der Waals surface area contributed by atoms with E-state index in [1.165, 1.54) is 24.3 Å². The maximum Gasteiger partial charge on any atom is 0.346 e. The summed E-state index contributed by atoms with van der Waals surface area (Å²) in [5.74, 6) is -2.35. The summed E-state index contributed by atoms with van der Waals surface area (Å²) < 4.78 is 72.7. The molecule has 0 N–H and O–H groups in total. The van der Waals surface area contributed by atoms with E-state index in [4.69, 9.17) is 37.9 Å². The smallest absolute Gasteiger partial charge is 0.346 e. The first-order valence-electron chi connectivity index (χ1n) is 16.3. The van der Waals surface area contributed by atoms with Crippen LogP contribution in [0.25, 0.3) is 11.1 Å². The van der Waals surface area contributed by atoms with E-state index in [0.29, 0.717) is 39.6 Å². The van der Waals surface area contributed by atoms with Crippen molar-refractivity contribution in [3.63, 3.8) is 0 Å². The van der Waals surface area contributed by atoms with Crippen molar-refractivity contribution in [2.24, 2.45) is 0 Å². The number of carbonyl (C=O) groups excluding carboxylic acids is 2. The Morgan fingerprint density at radius 3 is 1.44 bits per heavy atom. The third kappa shape index (κ3) is 8.11. The lowest BCUT2D eigenvalue weighted by Crippen LogP contribution is -2.12. The van der Waals surface area contributed by atoms with Crippen LogP contribution in [0.5, 0.6) is 23.0 Å². The second-order valence-electron chi connectivity index (χ2n) is 12.0. The zero-order valence-electron chi connectivity index (χ0n) is 27.2. The maximum absolute atomic E-state index is 14.8. The van der Waals surface area contributed by atoms with Gasteiger partial charge in [-0.05, 0) is 70.8 Å². The number of esters is 2. The SMILES string of the molecule is CC1c2cc(OC(=O)c3ccc(OCCOCC4CO4)cc3F)ccc2-c2ccc(OC(=O)c3ccc(OCCOCC4CO4)cc3F)cc21. The van der Waals surface area contributed by atoms with E-state index in [-0.39, 0.29) is 65.5 Å². The van der Waals surface area contributed by atoms with Gasteiger partial charge >= 0.3 is 11.9 Å². The lowest BCUT2D eigenvalue weighted by atomic mass is 9.99. The molecule has 3 aliphatic rings. The van der Waals surface area contributed by atoms with Gasteiger partial charge in [0.05, 0.1) is 50.8 Å². The molecule has 0 radical (unpaired) electrons. The molecule has 12 heteroatoms. The largest absolute Gasteiger partial charge is 0.491 e. The van der Waals surface area contributed by atoms with Crippen molar-refractivity contribution >= 4 is 11.9 Å². The quantitative estimate of drug-likeness (QED) is 0.0590. The summed E-state index contributed by atoms with van der Waals surface area (Å²) in [6.07, 6.45) is 0.307. The van der Waals surface area contributed by atoms with Crippen LogP contribution in [0.4, 0.5) is 8.78 Å². The predicted molar refractivity (Wildman–Crippen MR) is 174 cm³/mol. The van der Waals surface area contributed by atoms with E-state index in [2.05, 4.69) is 0 Å². The molecule has 2 atom stereocenters. The van der Waals surface area contributed by atoms with Gasteiger partial charge in [0.1, 0.15) is 60.1 Å². The predicted octanol–water partition coefficient (Wildman–Crippen LogP) is 6.12. The highest BCUT2D eigenvalue weighted by atomic mass is 19.1. The molecule has 10 nitrogen and oxygen atoms in total. The molecule has 260 valence electrons. The fourth-order valence-corrected chi connectivity index (χ4v) is 5.60. The van der Waals surface area contributed by atoms with Crippen molar-refractivity contribution in [3.8, 4) is 34.1 Å². The van der Waals surface area contributed by atoms with Crippen LogP contribution < -0.4 is 18.9 Å². The minimum Gasteiger partial charge on any atom is -0.491 e. The van der Waals surface area contributed by atoms with E-state index >= 15 is 0 Å². The van der Waals surface area contributed by atoms with Crippen LogP contribution in [-0.2, 0) is 18.9 Å². The zero-order chi connectivity index (χ0) is 34.6. The van der Waals surface area contributed by atoms with Gasteiger partial charge in [-0.15, -0.1) is 0 Å². The maximum atomic E-state index is 14.8. The number of carbonyl (C=O) groups is 2. The Bertz CT molecular complexity index is 1750. The van der Waals surface area contributed by atoms with Crippen molar-refractivity contribution < 1.29 is 56.3 Å². The van der Waals surface area contributed by atoms with E-state index in [0.717, 1.165) is 34.4 Å². The number of rotatable bonds is 16. The van der Waals surface area contributed by atoms with Crippen LogP contribution in [-0.4, -0.2) is 77.0 Å². The van der Waals surface area contributed by atoms with E-state index < -0.39 is 23.6 Å². The van der Waals surface area contributed by atoms with Crippen LogP contribution in [0.3, 0.4) is 0 Å². The van der Waals surface area contributed by atoms with E-state index in [1.54, 1.807) is 24.3 Å². The summed E-state index contributed by atoms with van der Waals surface area (Å²) in [5.41, 5.74) is 3.12. The minimum absolute atomic E-state index is 0.153. The molecule has 2 unspecified atom stereocenters. The van der Waals surface area contributed by atoms with Gasteiger partial charge in [-0.1, -0.05) is 19.1 Å². The van der Waals surface area contributed by atoms with Crippen molar-refractivity contribution in [1.29, 1.82) is 0 Å². The Morgan fingerprint density at radius 1 is 0.620 bits per heavy atom. The molecule has 0 spiro atoms. The summed E-state index contributed by atoms with van der Waals surface area (Å²) in [6.45, 7) is 5.48. The van der Waals surface area contributed by atoms with Gasteiger partial charge < -0.3 is 37.9 Å². The Balaban J connectivity index is 0.939. The van der Waals surface area contributed by atoms with Crippen LogP contribution in [0.15, 0.2) is 72.8 Å². The van der Waals surface area contributed by atoms with Crippen molar-refractivity contribution in [2.75, 3.05) is 52.9 Å². The monoisotopic (exact) mass is 688 g/mol. The number of ether oxygens (including phenoxy) is 8. The summed E-state index contributed by atoms with van der Waals surface area (Å²) in [7, 11) is 0. The fraction of sp³-hybridized carbons (Fsp3) is 0.316. The average molecular weight is 689 g/mol. The van der Waals surface area contributed by atoms with E-state index in [9.17, 15) is 18.4 Å². The molecule has 2 heterocycles. The molecule has 0 amide bonds. The summed E-state index contributed by atoms with van der Waals surface area (Å²) >= 11 is 0. The Hall–Kier alpha value is -4.88. The Labute approximate surface area is 286 Å². The zero-order valence-corrected chi connectivity index (χ0v) is 27.2. The summed E-state index contributed by atoms with van der Waals surface area (Å²) in [4.78, 5) is 25.8. The molecule has 4 aromatic rings. The number of halogens is 2. The van der Waals surface area contributed by atoms with Gasteiger partial charge in [0.15, 0.2) is 0 Å². The van der Waals surface area contributed by atoms with Gasteiger partial charge in [0.2, 0.25) is 0 Å². The molecular formula is C38H34F2O10. The first-order valence-corrected chi connectivity index (χ1v) is 16.3. The Kier molecular flexibility index (Phi) is 10.0. The Morgan fingerprint density at radius 2 is 1.04 bits per heavy atom. The first-order chi connectivity index (χ1) is 24.3. The van der Waals surface area contributed by atoms with Crippen molar-refractivity contribution in [3.05, 3.63) is 107 Å².